The zero-order valence-electron chi connectivity index (χ0n) is 12.6. The first-order chi connectivity index (χ1) is 11.5. The molecule has 3 aromatic heterocycles. The molecule has 4 rings (SSSR count). The normalized spacial score (nSPS) is 16.9. The van der Waals surface area contributed by atoms with Crippen molar-refractivity contribution >= 4 is 22.8 Å². The number of piperidine rings is 1. The number of hydrogen-bond donors (Lipinski definition) is 0. The summed E-state index contributed by atoms with van der Waals surface area (Å²) in [5.74, 6) is 0.0754. The molecule has 1 aliphatic rings. The lowest BCUT2D eigenvalue weighted by molar-refractivity contribution is -0.179. The highest BCUT2D eigenvalue weighted by Gasteiger charge is 2.41. The third-order valence-corrected chi connectivity index (χ3v) is 4.99. The van der Waals surface area contributed by atoms with Crippen molar-refractivity contribution in [1.29, 1.82) is 0 Å². The first kappa shape index (κ1) is 15.4. The van der Waals surface area contributed by atoms with Gasteiger partial charge in [-0.1, -0.05) is 0 Å². The van der Waals surface area contributed by atoms with Crippen LogP contribution < -0.4 is 4.90 Å². The molecule has 1 saturated heterocycles. The maximum atomic E-state index is 12.8. The summed E-state index contributed by atoms with van der Waals surface area (Å²) in [6.45, 7) is 0.692. The minimum atomic E-state index is -4.11. The minimum absolute atomic E-state index is 0.1000. The lowest BCUT2D eigenvalue weighted by atomic mass is 9.96. The summed E-state index contributed by atoms with van der Waals surface area (Å²) < 4.78 is 40.0. The van der Waals surface area contributed by atoms with E-state index in [1.54, 1.807) is 28.0 Å². The van der Waals surface area contributed by atoms with Crippen LogP contribution in [0.1, 0.15) is 12.8 Å². The second kappa shape index (κ2) is 5.73. The van der Waals surface area contributed by atoms with E-state index in [1.165, 1.54) is 0 Å². The fourth-order valence-electron chi connectivity index (χ4n) is 2.96. The van der Waals surface area contributed by atoms with Gasteiger partial charge in [-0.2, -0.15) is 29.0 Å². The zero-order valence-corrected chi connectivity index (χ0v) is 13.4. The van der Waals surface area contributed by atoms with E-state index in [9.17, 15) is 13.2 Å². The van der Waals surface area contributed by atoms with Crippen LogP contribution in [-0.2, 0) is 0 Å². The molecule has 1 aliphatic heterocycles. The van der Waals surface area contributed by atoms with Gasteiger partial charge < -0.3 is 4.90 Å². The molecule has 0 aliphatic carbocycles. The van der Waals surface area contributed by atoms with Gasteiger partial charge in [-0.05, 0) is 36.4 Å². The van der Waals surface area contributed by atoms with Crippen LogP contribution in [0.3, 0.4) is 0 Å². The van der Waals surface area contributed by atoms with Crippen molar-refractivity contribution in [3.63, 3.8) is 0 Å². The van der Waals surface area contributed by atoms with E-state index in [4.69, 9.17) is 0 Å². The van der Waals surface area contributed by atoms with Crippen molar-refractivity contribution in [3.05, 3.63) is 29.0 Å². The van der Waals surface area contributed by atoms with Crippen LogP contribution in [0.25, 0.3) is 17.0 Å². The number of hydrogen-bond acceptors (Lipinski definition) is 5. The molecule has 3 aromatic rings. The van der Waals surface area contributed by atoms with Gasteiger partial charge in [0.15, 0.2) is 11.5 Å². The molecule has 0 N–H and O–H groups in total. The van der Waals surface area contributed by atoms with E-state index >= 15 is 0 Å². The SMILES string of the molecule is FC(F)(F)C1CCN(c2ccc3nnc(-c4ccsc4)n3n2)CC1. The Bertz CT molecular complexity index is 835. The van der Waals surface area contributed by atoms with Crippen LogP contribution in [0.4, 0.5) is 19.0 Å². The maximum absolute atomic E-state index is 12.8. The summed E-state index contributed by atoms with van der Waals surface area (Å²) in [4.78, 5) is 1.89. The lowest BCUT2D eigenvalue weighted by Crippen LogP contribution is -2.39. The molecule has 0 radical (unpaired) electrons. The van der Waals surface area contributed by atoms with Crippen LogP contribution in [0, 0.1) is 5.92 Å². The second-order valence-corrected chi connectivity index (χ2v) is 6.58. The van der Waals surface area contributed by atoms with Crippen molar-refractivity contribution in [1.82, 2.24) is 19.8 Å². The Balaban J connectivity index is 1.61. The largest absolute Gasteiger partial charge is 0.391 e. The molecule has 5 nitrogen and oxygen atoms in total. The Kier molecular flexibility index (Phi) is 3.67. The molecule has 1 fully saturated rings. The smallest absolute Gasteiger partial charge is 0.355 e. The number of halogens is 3. The molecular weight excluding hydrogens is 339 g/mol. The monoisotopic (exact) mass is 353 g/mol. The van der Waals surface area contributed by atoms with E-state index in [0.29, 0.717) is 30.4 Å². The quantitative estimate of drug-likeness (QED) is 0.706. The molecule has 0 bridgehead atoms. The van der Waals surface area contributed by atoms with Crippen LogP contribution in [0.15, 0.2) is 29.0 Å². The summed E-state index contributed by atoms with van der Waals surface area (Å²) >= 11 is 1.56. The Morgan fingerprint density at radius 3 is 2.54 bits per heavy atom. The molecule has 0 amide bonds. The maximum Gasteiger partial charge on any atom is 0.391 e. The van der Waals surface area contributed by atoms with E-state index in [2.05, 4.69) is 15.3 Å². The van der Waals surface area contributed by atoms with Crippen molar-refractivity contribution in [2.24, 2.45) is 5.92 Å². The van der Waals surface area contributed by atoms with Crippen LogP contribution in [0.2, 0.25) is 0 Å². The van der Waals surface area contributed by atoms with Gasteiger partial charge in [0, 0.05) is 24.0 Å². The summed E-state index contributed by atoms with van der Waals surface area (Å²) in [6.07, 6.45) is -3.91. The molecule has 4 heterocycles. The zero-order chi connectivity index (χ0) is 16.7. The van der Waals surface area contributed by atoms with Crippen molar-refractivity contribution < 1.29 is 13.2 Å². The Hall–Kier alpha value is -2.16. The van der Waals surface area contributed by atoms with E-state index < -0.39 is 12.1 Å². The minimum Gasteiger partial charge on any atom is -0.355 e. The third kappa shape index (κ3) is 2.72. The summed E-state index contributed by atoms with van der Waals surface area (Å²) in [6, 6.07) is 5.51. The van der Waals surface area contributed by atoms with Crippen molar-refractivity contribution in [2.45, 2.75) is 19.0 Å². The molecule has 0 unspecified atom stereocenters. The van der Waals surface area contributed by atoms with Gasteiger partial charge in [0.05, 0.1) is 5.92 Å². The standard InChI is InChI=1S/C15H14F3N5S/c16-15(17,18)11-3-6-22(7-4-11)13-2-1-12-19-20-14(23(12)21-13)10-5-8-24-9-10/h1-2,5,8-9,11H,3-4,6-7H2. The first-order valence-corrected chi connectivity index (χ1v) is 8.53. The van der Waals surface area contributed by atoms with Gasteiger partial charge in [-0.15, -0.1) is 15.3 Å². The van der Waals surface area contributed by atoms with Crippen LogP contribution in [-0.4, -0.2) is 39.1 Å². The molecule has 0 spiro atoms. The van der Waals surface area contributed by atoms with Crippen molar-refractivity contribution in [3.8, 4) is 11.4 Å². The first-order valence-electron chi connectivity index (χ1n) is 7.59. The summed E-state index contributed by atoms with van der Waals surface area (Å²) in [7, 11) is 0. The van der Waals surface area contributed by atoms with E-state index in [-0.39, 0.29) is 12.8 Å². The van der Waals surface area contributed by atoms with Gasteiger partial charge in [0.25, 0.3) is 0 Å². The van der Waals surface area contributed by atoms with Gasteiger partial charge in [0.2, 0.25) is 0 Å². The Labute approximate surface area is 139 Å². The molecule has 24 heavy (non-hydrogen) atoms. The predicted octanol–water partition coefficient (Wildman–Crippen LogP) is 3.63. The van der Waals surface area contributed by atoms with E-state index in [1.807, 2.05) is 21.7 Å². The van der Waals surface area contributed by atoms with Gasteiger partial charge >= 0.3 is 6.18 Å². The lowest BCUT2D eigenvalue weighted by Gasteiger charge is -2.33. The summed E-state index contributed by atoms with van der Waals surface area (Å²) in [5.41, 5.74) is 1.54. The number of rotatable bonds is 2. The third-order valence-electron chi connectivity index (χ3n) is 4.31. The number of nitrogens with zero attached hydrogens (tertiary/aromatic N) is 5. The average Bonchev–Trinajstić information content (AvgIpc) is 3.22. The fraction of sp³-hybridized carbons (Fsp3) is 0.400. The summed E-state index contributed by atoms with van der Waals surface area (Å²) in [5, 5.41) is 16.7. The Morgan fingerprint density at radius 1 is 1.08 bits per heavy atom. The molecule has 0 aromatic carbocycles. The highest BCUT2D eigenvalue weighted by atomic mass is 32.1. The van der Waals surface area contributed by atoms with Gasteiger partial charge in [-0.25, -0.2) is 0 Å². The molecule has 126 valence electrons. The number of fused-ring (bicyclic) bond motifs is 1. The van der Waals surface area contributed by atoms with Gasteiger partial charge in [0.1, 0.15) is 5.82 Å². The number of alkyl halides is 3. The average molecular weight is 353 g/mol. The highest BCUT2D eigenvalue weighted by Crippen LogP contribution is 2.35. The van der Waals surface area contributed by atoms with Crippen LogP contribution >= 0.6 is 11.3 Å². The van der Waals surface area contributed by atoms with Crippen molar-refractivity contribution in [2.75, 3.05) is 18.0 Å². The number of thiophene rings is 1. The number of aromatic nitrogens is 4. The molecule has 0 atom stereocenters. The van der Waals surface area contributed by atoms with Gasteiger partial charge in [-0.3, -0.25) is 0 Å². The Morgan fingerprint density at radius 2 is 1.88 bits per heavy atom. The van der Waals surface area contributed by atoms with Crippen LogP contribution in [0.5, 0.6) is 0 Å². The molecule has 0 saturated carbocycles. The topological polar surface area (TPSA) is 46.3 Å². The molecular formula is C15H14F3N5S. The van der Waals surface area contributed by atoms with E-state index in [0.717, 1.165) is 5.56 Å². The number of anilines is 1. The fourth-order valence-corrected chi connectivity index (χ4v) is 3.59. The predicted molar refractivity (Wildman–Crippen MR) is 85.1 cm³/mol. The second-order valence-electron chi connectivity index (χ2n) is 5.80. The molecule has 9 heteroatoms. The highest BCUT2D eigenvalue weighted by molar-refractivity contribution is 7.08.